The minimum Gasteiger partial charge on any atom is -0.314 e. The van der Waals surface area contributed by atoms with E-state index in [1.54, 1.807) is 30.3 Å². The lowest BCUT2D eigenvalue weighted by Crippen LogP contribution is -2.41. The number of hydrogen-bond acceptors (Lipinski definition) is 3. The Morgan fingerprint density at radius 1 is 1.00 bits per heavy atom. The average Bonchev–Trinajstić information content (AvgIpc) is 2.57. The van der Waals surface area contributed by atoms with Crippen LogP contribution in [0.2, 0.25) is 0 Å². The first-order chi connectivity index (χ1) is 11.6. The summed E-state index contributed by atoms with van der Waals surface area (Å²) in [5, 5.41) is 0. The normalized spacial score (nSPS) is 11.2. The van der Waals surface area contributed by atoms with E-state index in [2.05, 4.69) is 0 Å². The van der Waals surface area contributed by atoms with Gasteiger partial charge in [0.1, 0.15) is 6.54 Å². The van der Waals surface area contributed by atoms with Gasteiger partial charge in [-0.25, -0.2) is 21.6 Å². The van der Waals surface area contributed by atoms with Gasteiger partial charge in [0.25, 0.3) is 0 Å². The molecule has 134 valence electrons. The number of nitrogens with zero attached hydrogens (tertiary/aromatic N) is 2. The predicted octanol–water partition coefficient (Wildman–Crippen LogP) is 2.53. The van der Waals surface area contributed by atoms with Crippen LogP contribution in [0.4, 0.5) is 24.5 Å². The smallest absolute Gasteiger partial charge is 0.247 e. The molecule has 1 amide bonds. The summed E-state index contributed by atoms with van der Waals surface area (Å²) in [5.41, 5.74) is -0.247. The zero-order valence-electron chi connectivity index (χ0n) is 13.4. The zero-order chi connectivity index (χ0) is 18.8. The van der Waals surface area contributed by atoms with E-state index < -0.39 is 45.6 Å². The number of amides is 1. The van der Waals surface area contributed by atoms with Crippen LogP contribution in [-0.4, -0.2) is 34.2 Å². The molecule has 0 bridgehead atoms. The van der Waals surface area contributed by atoms with E-state index in [4.69, 9.17) is 0 Å². The van der Waals surface area contributed by atoms with Gasteiger partial charge in [0.15, 0.2) is 17.5 Å². The molecule has 2 rings (SSSR count). The largest absolute Gasteiger partial charge is 0.314 e. The minimum atomic E-state index is -4.12. The third kappa shape index (κ3) is 4.11. The zero-order valence-corrected chi connectivity index (χ0v) is 14.2. The fourth-order valence-electron chi connectivity index (χ4n) is 2.11. The molecule has 0 unspecified atom stereocenters. The highest BCUT2D eigenvalue weighted by molar-refractivity contribution is 7.92. The number of sulfonamides is 1. The Morgan fingerprint density at radius 2 is 1.60 bits per heavy atom. The van der Waals surface area contributed by atoms with Crippen LogP contribution in [0, 0.1) is 17.5 Å². The van der Waals surface area contributed by atoms with Crippen molar-refractivity contribution in [2.45, 2.75) is 0 Å². The first kappa shape index (κ1) is 18.8. The molecule has 0 fully saturated rings. The van der Waals surface area contributed by atoms with Crippen molar-refractivity contribution >= 4 is 27.3 Å². The van der Waals surface area contributed by atoms with Crippen LogP contribution in [0.15, 0.2) is 42.5 Å². The summed E-state index contributed by atoms with van der Waals surface area (Å²) in [7, 11) is -2.71. The molecule has 9 heteroatoms. The van der Waals surface area contributed by atoms with Crippen LogP contribution >= 0.6 is 0 Å². The lowest BCUT2D eigenvalue weighted by atomic mass is 10.2. The standard InChI is InChI=1S/C16H15F3N2O3S/c1-20(11-6-4-3-5-7-11)14(22)10-21(25(2,23)24)13-9-8-12(17)15(18)16(13)19/h3-9H,10H2,1-2H3. The monoisotopic (exact) mass is 372 g/mol. The molecule has 0 N–H and O–H groups in total. The molecule has 0 aromatic heterocycles. The summed E-state index contributed by atoms with van der Waals surface area (Å²) in [4.78, 5) is 13.5. The molecular formula is C16H15F3N2O3S. The summed E-state index contributed by atoms with van der Waals surface area (Å²) in [5.74, 6) is -5.63. The van der Waals surface area contributed by atoms with Crippen LogP contribution in [0.5, 0.6) is 0 Å². The fraction of sp³-hybridized carbons (Fsp3) is 0.188. The lowest BCUT2D eigenvalue weighted by molar-refractivity contribution is -0.116. The Kier molecular flexibility index (Phi) is 5.36. The van der Waals surface area contributed by atoms with Crippen LogP contribution in [0.1, 0.15) is 0 Å². The van der Waals surface area contributed by atoms with Gasteiger partial charge in [-0.2, -0.15) is 0 Å². The van der Waals surface area contributed by atoms with Crippen molar-refractivity contribution in [3.63, 3.8) is 0 Å². The van der Waals surface area contributed by atoms with E-state index in [1.165, 1.54) is 11.9 Å². The molecule has 0 heterocycles. The van der Waals surface area contributed by atoms with Crippen LogP contribution in [-0.2, 0) is 14.8 Å². The number of hydrogen-bond donors (Lipinski definition) is 0. The molecule has 0 aliphatic heterocycles. The molecular weight excluding hydrogens is 357 g/mol. The maximum absolute atomic E-state index is 14.0. The average molecular weight is 372 g/mol. The third-order valence-electron chi connectivity index (χ3n) is 3.48. The maximum atomic E-state index is 14.0. The van der Waals surface area contributed by atoms with Gasteiger partial charge in [-0.1, -0.05) is 18.2 Å². The van der Waals surface area contributed by atoms with Crippen molar-refractivity contribution < 1.29 is 26.4 Å². The van der Waals surface area contributed by atoms with E-state index in [-0.39, 0.29) is 0 Å². The van der Waals surface area contributed by atoms with Gasteiger partial charge in [-0.15, -0.1) is 0 Å². The molecule has 5 nitrogen and oxygen atoms in total. The first-order valence-electron chi connectivity index (χ1n) is 7.05. The van der Waals surface area contributed by atoms with Crippen molar-refractivity contribution in [3.8, 4) is 0 Å². The minimum absolute atomic E-state index is 0.395. The molecule has 0 saturated carbocycles. The second kappa shape index (κ2) is 7.14. The number of likely N-dealkylation sites (N-methyl/N-ethyl adjacent to an activating group) is 1. The highest BCUT2D eigenvalue weighted by Crippen LogP contribution is 2.26. The topological polar surface area (TPSA) is 57.7 Å². The summed E-state index contributed by atoms with van der Waals surface area (Å²) >= 11 is 0. The molecule has 0 atom stereocenters. The SMILES string of the molecule is CN(C(=O)CN(c1ccc(F)c(F)c1F)S(C)(=O)=O)c1ccccc1. The predicted molar refractivity (Wildman–Crippen MR) is 88.4 cm³/mol. The fourth-order valence-corrected chi connectivity index (χ4v) is 2.96. The number of anilines is 2. The Labute approximate surface area is 143 Å². The molecule has 0 spiro atoms. The number of carbonyl (C=O) groups excluding carboxylic acids is 1. The summed E-state index contributed by atoms with van der Waals surface area (Å²) in [6.07, 6.45) is 0.740. The molecule has 25 heavy (non-hydrogen) atoms. The number of carbonyl (C=O) groups is 1. The van der Waals surface area contributed by atoms with E-state index >= 15 is 0 Å². The Hall–Kier alpha value is -2.55. The third-order valence-corrected chi connectivity index (χ3v) is 4.61. The Balaban J connectivity index is 2.37. The van der Waals surface area contributed by atoms with E-state index in [0.29, 0.717) is 16.1 Å². The van der Waals surface area contributed by atoms with Gasteiger partial charge < -0.3 is 4.90 Å². The van der Waals surface area contributed by atoms with Gasteiger partial charge >= 0.3 is 0 Å². The maximum Gasteiger partial charge on any atom is 0.247 e. The first-order valence-corrected chi connectivity index (χ1v) is 8.90. The van der Waals surface area contributed by atoms with Crippen molar-refractivity contribution in [3.05, 3.63) is 59.9 Å². The quantitative estimate of drug-likeness (QED) is 0.758. The van der Waals surface area contributed by atoms with Crippen molar-refractivity contribution in [2.75, 3.05) is 29.1 Å². The summed E-state index contributed by atoms with van der Waals surface area (Å²) in [6, 6.07) is 9.72. The van der Waals surface area contributed by atoms with Gasteiger partial charge in [0.05, 0.1) is 11.9 Å². The molecule has 0 saturated heterocycles. The van der Waals surface area contributed by atoms with Crippen LogP contribution < -0.4 is 9.21 Å². The van der Waals surface area contributed by atoms with Gasteiger partial charge in [-0.05, 0) is 24.3 Å². The number of rotatable bonds is 5. The lowest BCUT2D eigenvalue weighted by Gasteiger charge is -2.25. The summed E-state index contributed by atoms with van der Waals surface area (Å²) < 4.78 is 64.8. The molecule has 2 aromatic carbocycles. The molecule has 0 aliphatic carbocycles. The van der Waals surface area contributed by atoms with E-state index in [0.717, 1.165) is 12.3 Å². The molecule has 0 aliphatic rings. The Morgan fingerprint density at radius 3 is 2.16 bits per heavy atom. The number of halogens is 3. The van der Waals surface area contributed by atoms with Crippen molar-refractivity contribution in [1.82, 2.24) is 0 Å². The highest BCUT2D eigenvalue weighted by atomic mass is 32.2. The molecule has 0 radical (unpaired) electrons. The second-order valence-electron chi connectivity index (χ2n) is 5.25. The number of benzene rings is 2. The molecule has 2 aromatic rings. The van der Waals surface area contributed by atoms with Crippen LogP contribution in [0.3, 0.4) is 0 Å². The summed E-state index contributed by atoms with van der Waals surface area (Å²) in [6.45, 7) is -0.772. The van der Waals surface area contributed by atoms with Crippen molar-refractivity contribution in [2.24, 2.45) is 0 Å². The van der Waals surface area contributed by atoms with Gasteiger partial charge in [0, 0.05) is 12.7 Å². The van der Waals surface area contributed by atoms with Crippen molar-refractivity contribution in [1.29, 1.82) is 0 Å². The number of para-hydroxylation sites is 1. The van der Waals surface area contributed by atoms with E-state index in [1.807, 2.05) is 0 Å². The second-order valence-corrected chi connectivity index (χ2v) is 7.16. The van der Waals surface area contributed by atoms with E-state index in [9.17, 15) is 26.4 Å². The highest BCUT2D eigenvalue weighted by Gasteiger charge is 2.27. The van der Waals surface area contributed by atoms with Gasteiger partial charge in [-0.3, -0.25) is 9.10 Å². The van der Waals surface area contributed by atoms with Gasteiger partial charge in [0.2, 0.25) is 15.9 Å². The Bertz CT molecular complexity index is 889. The van der Waals surface area contributed by atoms with Crippen LogP contribution in [0.25, 0.3) is 0 Å².